The molecule has 0 fully saturated rings. The van der Waals surface area contributed by atoms with Crippen molar-refractivity contribution in [2.75, 3.05) is 0 Å². The van der Waals surface area contributed by atoms with Gasteiger partial charge in [0.2, 0.25) is 0 Å². The smallest absolute Gasteiger partial charge is 0.0620 e. The number of rotatable bonds is 6. The summed E-state index contributed by atoms with van der Waals surface area (Å²) in [4.78, 5) is 0. The molecule has 0 aliphatic heterocycles. The van der Waals surface area contributed by atoms with E-state index in [1.54, 1.807) is 0 Å². The fraction of sp³-hybridized carbons (Fsp3) is 0. The molecule has 0 aliphatic rings. The van der Waals surface area contributed by atoms with Gasteiger partial charge in [-0.3, -0.25) is 0 Å². The fourth-order valence-corrected chi connectivity index (χ4v) is 9.78. The van der Waals surface area contributed by atoms with E-state index in [0.717, 1.165) is 0 Å². The van der Waals surface area contributed by atoms with Gasteiger partial charge in [-0.05, 0) is 72.8 Å². The Kier molecular flexibility index (Phi) is 11.4. The van der Waals surface area contributed by atoms with Gasteiger partial charge in [-0.1, -0.05) is 109 Å². The molecule has 0 atom stereocenters. The molecule has 0 radical (unpaired) electrons. The largest absolute Gasteiger partial charge is 0.102 e. The van der Waals surface area contributed by atoms with E-state index in [1.807, 2.05) is 0 Å². The molecule has 0 unspecified atom stereocenters. The van der Waals surface area contributed by atoms with Crippen LogP contribution in [0.2, 0.25) is 0 Å². The third kappa shape index (κ3) is 7.91. The van der Waals surface area contributed by atoms with Crippen LogP contribution in [0.5, 0.6) is 0 Å². The van der Waals surface area contributed by atoms with Crippen molar-refractivity contribution in [1.29, 1.82) is 0 Å². The number of hydrogen-bond acceptors (Lipinski definition) is 0. The molecule has 192 valence electrons. The molecule has 0 saturated heterocycles. The van der Waals surface area contributed by atoms with E-state index in [4.69, 9.17) is 0 Å². The first-order valence-corrected chi connectivity index (χ1v) is 16.0. The predicted molar refractivity (Wildman–Crippen MR) is 173 cm³/mol. The van der Waals surface area contributed by atoms with E-state index in [2.05, 4.69) is 182 Å². The van der Waals surface area contributed by atoms with Crippen LogP contribution in [0.4, 0.5) is 0 Å². The van der Waals surface area contributed by atoms with E-state index >= 15 is 0 Å². The van der Waals surface area contributed by atoms with Crippen LogP contribution < -0.4 is 31.8 Å². The predicted octanol–water partition coefficient (Wildman–Crippen LogP) is 6.35. The molecule has 3 heteroatoms. The zero-order valence-corrected chi connectivity index (χ0v) is 25.4. The SMILES string of the molecule is [Ru].c1ccc([PH+](c2ccccc2)c2ccccc2)cc1.c1ccc([PH+](c2ccccc2)c2ccccc2)cc1. The second-order valence-corrected chi connectivity index (χ2v) is 13.9. The summed E-state index contributed by atoms with van der Waals surface area (Å²) < 4.78 is 0. The topological polar surface area (TPSA) is 0 Å². The minimum Gasteiger partial charge on any atom is -0.0620 e. The van der Waals surface area contributed by atoms with Gasteiger partial charge in [-0.25, -0.2) is 0 Å². The summed E-state index contributed by atoms with van der Waals surface area (Å²) in [6, 6.07) is 65.0. The van der Waals surface area contributed by atoms with Crippen LogP contribution in [-0.2, 0) is 19.5 Å². The van der Waals surface area contributed by atoms with Crippen molar-refractivity contribution in [3.8, 4) is 0 Å². The summed E-state index contributed by atoms with van der Waals surface area (Å²) in [5.74, 6) is 0. The zero-order valence-electron chi connectivity index (χ0n) is 21.7. The Labute approximate surface area is 248 Å². The molecule has 0 N–H and O–H groups in total. The molecule has 0 aromatic heterocycles. The van der Waals surface area contributed by atoms with Crippen LogP contribution in [0, 0.1) is 0 Å². The summed E-state index contributed by atoms with van der Waals surface area (Å²) in [6.45, 7) is 0. The normalized spacial score (nSPS) is 10.3. The van der Waals surface area contributed by atoms with Crippen molar-refractivity contribution in [2.24, 2.45) is 0 Å². The van der Waals surface area contributed by atoms with Gasteiger partial charge in [0, 0.05) is 19.5 Å². The summed E-state index contributed by atoms with van der Waals surface area (Å²) >= 11 is 0. The van der Waals surface area contributed by atoms with Gasteiger partial charge in [0.1, 0.15) is 31.8 Å². The van der Waals surface area contributed by atoms with E-state index in [0.29, 0.717) is 0 Å². The maximum atomic E-state index is 2.24. The van der Waals surface area contributed by atoms with Gasteiger partial charge in [0.15, 0.2) is 0 Å². The van der Waals surface area contributed by atoms with E-state index < -0.39 is 15.8 Å². The van der Waals surface area contributed by atoms with Gasteiger partial charge in [0.25, 0.3) is 0 Å². The van der Waals surface area contributed by atoms with Crippen molar-refractivity contribution in [3.63, 3.8) is 0 Å². The first kappa shape index (κ1) is 28.8. The molecule has 0 aliphatic carbocycles. The van der Waals surface area contributed by atoms with Gasteiger partial charge < -0.3 is 0 Å². The van der Waals surface area contributed by atoms with Crippen molar-refractivity contribution < 1.29 is 19.5 Å². The summed E-state index contributed by atoms with van der Waals surface area (Å²) in [5, 5.41) is 8.61. The second kappa shape index (κ2) is 15.4. The molecule has 6 aromatic rings. The second-order valence-electron chi connectivity index (χ2n) is 8.95. The zero-order chi connectivity index (χ0) is 25.8. The number of benzene rings is 6. The summed E-state index contributed by atoms with van der Waals surface area (Å²) in [5.41, 5.74) is 0. The minimum absolute atomic E-state index is 0. The molecule has 0 bridgehead atoms. The van der Waals surface area contributed by atoms with Crippen LogP contribution in [0.1, 0.15) is 0 Å². The molecule has 0 amide bonds. The van der Waals surface area contributed by atoms with Gasteiger partial charge >= 0.3 is 0 Å². The third-order valence-electron chi connectivity index (χ3n) is 6.37. The summed E-state index contributed by atoms with van der Waals surface area (Å²) in [6.07, 6.45) is 0. The van der Waals surface area contributed by atoms with Crippen LogP contribution in [0.15, 0.2) is 182 Å². The van der Waals surface area contributed by atoms with Gasteiger partial charge in [-0.15, -0.1) is 0 Å². The Hall–Kier alpha value is -3.20. The molecular weight excluding hydrogens is 595 g/mol. The third-order valence-corrected chi connectivity index (χ3v) is 11.8. The molecule has 6 aromatic carbocycles. The first-order valence-electron chi connectivity index (χ1n) is 13.0. The van der Waals surface area contributed by atoms with Gasteiger partial charge in [0.05, 0.1) is 15.8 Å². The van der Waals surface area contributed by atoms with Crippen LogP contribution in [0.3, 0.4) is 0 Å². The summed E-state index contributed by atoms with van der Waals surface area (Å²) in [7, 11) is -1.75. The van der Waals surface area contributed by atoms with Gasteiger partial charge in [-0.2, -0.15) is 0 Å². The molecular formula is C36H32P2Ru+2. The molecule has 39 heavy (non-hydrogen) atoms. The van der Waals surface area contributed by atoms with E-state index in [9.17, 15) is 0 Å². The Balaban J connectivity index is 0.000000176. The van der Waals surface area contributed by atoms with Crippen LogP contribution in [0.25, 0.3) is 0 Å². The van der Waals surface area contributed by atoms with Crippen LogP contribution in [-0.4, -0.2) is 0 Å². The van der Waals surface area contributed by atoms with E-state index in [-0.39, 0.29) is 19.5 Å². The molecule has 0 spiro atoms. The Morgan fingerprint density at radius 3 is 0.462 bits per heavy atom. The molecule has 0 heterocycles. The van der Waals surface area contributed by atoms with Crippen molar-refractivity contribution in [1.82, 2.24) is 0 Å². The fourth-order valence-electron chi connectivity index (χ4n) is 4.63. The maximum absolute atomic E-state index is 2.24. The average Bonchev–Trinajstić information content (AvgIpc) is 3.01. The minimum atomic E-state index is -0.877. The van der Waals surface area contributed by atoms with Crippen molar-refractivity contribution in [3.05, 3.63) is 182 Å². The monoisotopic (exact) mass is 628 g/mol. The Morgan fingerprint density at radius 1 is 0.205 bits per heavy atom. The molecule has 6 rings (SSSR count). The van der Waals surface area contributed by atoms with Crippen molar-refractivity contribution >= 4 is 47.7 Å². The first-order chi connectivity index (χ1) is 18.9. The number of hydrogen-bond donors (Lipinski definition) is 0. The Bertz CT molecular complexity index is 1170. The Morgan fingerprint density at radius 2 is 0.333 bits per heavy atom. The standard InChI is InChI=1S/2C18H15P.Ru/c2*1-4-10-16(11-5-1)19(17-12-6-2-7-13-17)18-14-8-3-9-15-18;/h2*1-15H;/p+2. The molecule has 0 saturated carbocycles. The molecule has 0 nitrogen and oxygen atoms in total. The van der Waals surface area contributed by atoms with Crippen LogP contribution >= 0.6 is 15.8 Å². The van der Waals surface area contributed by atoms with E-state index in [1.165, 1.54) is 31.8 Å². The van der Waals surface area contributed by atoms with Crippen molar-refractivity contribution in [2.45, 2.75) is 0 Å². The maximum Gasteiger partial charge on any atom is 0.102 e. The average molecular weight is 628 g/mol. The quantitative estimate of drug-likeness (QED) is 0.149.